The summed E-state index contributed by atoms with van der Waals surface area (Å²) in [5.74, 6) is -0.130. The second-order valence-corrected chi connectivity index (χ2v) is 6.45. The van der Waals surface area contributed by atoms with Crippen molar-refractivity contribution in [2.75, 3.05) is 31.5 Å². The van der Waals surface area contributed by atoms with Crippen LogP contribution in [0.4, 0.5) is 10.5 Å². The highest BCUT2D eigenvalue weighted by atomic mass is 16.2. The van der Waals surface area contributed by atoms with E-state index in [1.807, 2.05) is 31.2 Å². The lowest BCUT2D eigenvalue weighted by Gasteiger charge is -2.34. The van der Waals surface area contributed by atoms with Gasteiger partial charge in [-0.15, -0.1) is 5.10 Å². The van der Waals surface area contributed by atoms with Crippen LogP contribution < -0.4 is 5.32 Å². The van der Waals surface area contributed by atoms with Crippen molar-refractivity contribution in [3.8, 4) is 0 Å². The van der Waals surface area contributed by atoms with Crippen molar-refractivity contribution in [3.05, 3.63) is 53.7 Å². The van der Waals surface area contributed by atoms with Crippen LogP contribution in [0.15, 0.2) is 42.6 Å². The number of hydrogen-bond acceptors (Lipinski definition) is 5. The van der Waals surface area contributed by atoms with Gasteiger partial charge in [0.2, 0.25) is 0 Å². The number of fused-ring (bicyclic) bond motifs is 1. The number of aromatic nitrogens is 4. The number of aryl methyl sites for hydroxylation is 1. The fourth-order valence-electron chi connectivity index (χ4n) is 3.14. The van der Waals surface area contributed by atoms with Crippen LogP contribution in [0.1, 0.15) is 15.9 Å². The van der Waals surface area contributed by atoms with Crippen LogP contribution in [0.2, 0.25) is 0 Å². The molecule has 2 aromatic heterocycles. The molecule has 0 radical (unpaired) electrons. The van der Waals surface area contributed by atoms with E-state index in [9.17, 15) is 9.59 Å². The zero-order chi connectivity index (χ0) is 18.8. The summed E-state index contributed by atoms with van der Waals surface area (Å²) in [6, 6.07) is 11.0. The summed E-state index contributed by atoms with van der Waals surface area (Å²) in [4.78, 5) is 28.7. The molecule has 9 heteroatoms. The Hall–Kier alpha value is -3.49. The number of hydrogen-bond donors (Lipinski definition) is 1. The van der Waals surface area contributed by atoms with Gasteiger partial charge >= 0.3 is 6.03 Å². The maximum absolute atomic E-state index is 12.8. The first-order chi connectivity index (χ1) is 13.1. The van der Waals surface area contributed by atoms with Crippen LogP contribution in [0.25, 0.3) is 5.65 Å². The average Bonchev–Trinajstić information content (AvgIpc) is 3.16. The molecule has 1 aliphatic rings. The molecule has 3 aromatic rings. The van der Waals surface area contributed by atoms with E-state index in [1.54, 1.807) is 28.1 Å². The number of rotatable bonds is 2. The van der Waals surface area contributed by atoms with Crippen molar-refractivity contribution in [2.24, 2.45) is 0 Å². The summed E-state index contributed by atoms with van der Waals surface area (Å²) < 4.78 is 1.47. The Balaban J connectivity index is 1.39. The fraction of sp³-hybridized carbons (Fsp3) is 0.278. The van der Waals surface area contributed by atoms with E-state index in [0.29, 0.717) is 37.4 Å². The number of tetrazole rings is 1. The van der Waals surface area contributed by atoms with Gasteiger partial charge in [0.05, 0.1) is 5.56 Å². The Labute approximate surface area is 155 Å². The van der Waals surface area contributed by atoms with Crippen molar-refractivity contribution >= 4 is 23.3 Å². The van der Waals surface area contributed by atoms with Gasteiger partial charge in [-0.05, 0) is 47.2 Å². The first-order valence-corrected chi connectivity index (χ1v) is 8.70. The van der Waals surface area contributed by atoms with Crippen molar-refractivity contribution in [3.63, 3.8) is 0 Å². The summed E-state index contributed by atoms with van der Waals surface area (Å²) in [5, 5.41) is 14.2. The monoisotopic (exact) mass is 365 g/mol. The Bertz CT molecular complexity index is 992. The molecule has 1 aromatic carbocycles. The molecule has 0 unspecified atom stereocenters. The van der Waals surface area contributed by atoms with E-state index in [0.717, 1.165) is 11.3 Å². The second kappa shape index (κ2) is 7.02. The number of nitrogens with zero attached hydrogens (tertiary/aromatic N) is 6. The van der Waals surface area contributed by atoms with E-state index in [4.69, 9.17) is 0 Å². The van der Waals surface area contributed by atoms with Crippen LogP contribution in [-0.2, 0) is 0 Å². The molecule has 0 atom stereocenters. The third-order valence-corrected chi connectivity index (χ3v) is 4.58. The second-order valence-electron chi connectivity index (χ2n) is 6.45. The quantitative estimate of drug-likeness (QED) is 0.741. The summed E-state index contributed by atoms with van der Waals surface area (Å²) in [6.07, 6.45) is 1.69. The first-order valence-electron chi connectivity index (χ1n) is 8.70. The molecule has 4 rings (SSSR count). The van der Waals surface area contributed by atoms with E-state index >= 15 is 0 Å². The lowest BCUT2D eigenvalue weighted by molar-refractivity contribution is 0.0673. The van der Waals surface area contributed by atoms with Crippen LogP contribution in [0.3, 0.4) is 0 Å². The number of carbonyl (C=O) groups excluding carboxylic acids is 2. The summed E-state index contributed by atoms with van der Waals surface area (Å²) in [7, 11) is 0. The molecule has 138 valence electrons. The highest BCUT2D eigenvalue weighted by molar-refractivity contribution is 5.99. The summed E-state index contributed by atoms with van der Waals surface area (Å²) >= 11 is 0. The SMILES string of the molecule is Cc1cccc(NC(=O)N2CCN(C(=O)c3cccn4nnnc34)CC2)c1. The van der Waals surface area contributed by atoms with Gasteiger partial charge < -0.3 is 15.1 Å². The van der Waals surface area contributed by atoms with Crippen LogP contribution in [-0.4, -0.2) is 68.0 Å². The van der Waals surface area contributed by atoms with Gasteiger partial charge in [-0.3, -0.25) is 4.79 Å². The fourth-order valence-corrected chi connectivity index (χ4v) is 3.14. The van der Waals surface area contributed by atoms with Crippen molar-refractivity contribution in [1.29, 1.82) is 0 Å². The molecule has 3 amide bonds. The number of nitrogens with one attached hydrogen (secondary N) is 1. The maximum Gasteiger partial charge on any atom is 0.321 e. The van der Waals surface area contributed by atoms with Crippen LogP contribution >= 0.6 is 0 Å². The largest absolute Gasteiger partial charge is 0.335 e. The molecule has 9 nitrogen and oxygen atoms in total. The van der Waals surface area contributed by atoms with Gasteiger partial charge in [0, 0.05) is 38.1 Å². The third kappa shape index (κ3) is 3.43. The Kier molecular flexibility index (Phi) is 4.41. The highest BCUT2D eigenvalue weighted by Gasteiger charge is 2.26. The van der Waals surface area contributed by atoms with Gasteiger partial charge in [-0.1, -0.05) is 12.1 Å². The molecule has 0 aliphatic carbocycles. The average molecular weight is 365 g/mol. The Morgan fingerprint density at radius 1 is 1.04 bits per heavy atom. The molecule has 1 fully saturated rings. The minimum Gasteiger partial charge on any atom is -0.335 e. The molecule has 1 N–H and O–H groups in total. The van der Waals surface area contributed by atoms with Gasteiger partial charge in [0.1, 0.15) is 0 Å². The van der Waals surface area contributed by atoms with E-state index < -0.39 is 0 Å². The number of pyridine rings is 1. The van der Waals surface area contributed by atoms with Gasteiger partial charge in [-0.25, -0.2) is 4.79 Å². The zero-order valence-electron chi connectivity index (χ0n) is 14.9. The number of benzene rings is 1. The van der Waals surface area contributed by atoms with Gasteiger partial charge in [0.25, 0.3) is 5.91 Å². The lowest BCUT2D eigenvalue weighted by atomic mass is 10.2. The number of anilines is 1. The van der Waals surface area contributed by atoms with Crippen molar-refractivity contribution < 1.29 is 9.59 Å². The third-order valence-electron chi connectivity index (χ3n) is 4.58. The zero-order valence-corrected chi connectivity index (χ0v) is 14.9. The minimum absolute atomic E-state index is 0.130. The standard InChI is InChI=1S/C18H19N7O2/c1-13-4-2-5-14(12-13)19-18(27)24-10-8-23(9-11-24)17(26)15-6-3-7-25-16(15)20-21-22-25/h2-7,12H,8-11H2,1H3,(H,19,27). The van der Waals surface area contributed by atoms with Crippen LogP contribution in [0.5, 0.6) is 0 Å². The summed E-state index contributed by atoms with van der Waals surface area (Å²) in [5.41, 5.74) is 2.74. The van der Waals surface area contributed by atoms with E-state index in [1.165, 1.54) is 4.52 Å². The summed E-state index contributed by atoms with van der Waals surface area (Å²) in [6.45, 7) is 3.84. The molecule has 1 saturated heterocycles. The van der Waals surface area contributed by atoms with Crippen molar-refractivity contribution in [2.45, 2.75) is 6.92 Å². The molecular weight excluding hydrogens is 346 g/mol. The molecule has 0 bridgehead atoms. The van der Waals surface area contributed by atoms with Gasteiger partial charge in [-0.2, -0.15) is 4.52 Å². The predicted octanol–water partition coefficient (Wildman–Crippen LogP) is 1.42. The predicted molar refractivity (Wildman–Crippen MR) is 98.5 cm³/mol. The molecular formula is C18H19N7O2. The highest BCUT2D eigenvalue weighted by Crippen LogP contribution is 2.14. The van der Waals surface area contributed by atoms with E-state index in [-0.39, 0.29) is 11.9 Å². The lowest BCUT2D eigenvalue weighted by Crippen LogP contribution is -2.51. The number of carbonyl (C=O) groups is 2. The first kappa shape index (κ1) is 17.0. The normalized spacial score (nSPS) is 14.4. The maximum atomic E-state index is 12.8. The minimum atomic E-state index is -0.156. The topological polar surface area (TPSA) is 95.7 Å². The Morgan fingerprint density at radius 2 is 1.81 bits per heavy atom. The van der Waals surface area contributed by atoms with Crippen molar-refractivity contribution in [1.82, 2.24) is 29.8 Å². The molecule has 0 spiro atoms. The molecule has 1 aliphatic heterocycles. The molecule has 0 saturated carbocycles. The number of piperazine rings is 1. The van der Waals surface area contributed by atoms with E-state index in [2.05, 4.69) is 20.8 Å². The van der Waals surface area contributed by atoms with Gasteiger partial charge in [0.15, 0.2) is 5.65 Å². The number of urea groups is 1. The smallest absolute Gasteiger partial charge is 0.321 e. The Morgan fingerprint density at radius 3 is 2.59 bits per heavy atom. The molecule has 3 heterocycles. The number of amides is 3. The molecule has 27 heavy (non-hydrogen) atoms. The van der Waals surface area contributed by atoms with Crippen LogP contribution in [0, 0.1) is 6.92 Å².